The summed E-state index contributed by atoms with van der Waals surface area (Å²) in [5, 5.41) is 2.50. The molecule has 138 valence electrons. The molecule has 0 saturated heterocycles. The highest BCUT2D eigenvalue weighted by Crippen LogP contribution is 2.21. The molecule has 0 saturated carbocycles. The van der Waals surface area contributed by atoms with Gasteiger partial charge in [-0.05, 0) is 24.1 Å². The number of hydrogen-bond acceptors (Lipinski definition) is 3. The Bertz CT molecular complexity index is 784. The van der Waals surface area contributed by atoms with Crippen molar-refractivity contribution in [3.05, 3.63) is 70.2 Å². The minimum atomic E-state index is -1.22. The first kappa shape index (κ1) is 19.8. The van der Waals surface area contributed by atoms with Crippen molar-refractivity contribution in [1.82, 2.24) is 5.32 Å². The van der Waals surface area contributed by atoms with E-state index >= 15 is 0 Å². The van der Waals surface area contributed by atoms with E-state index < -0.39 is 30.1 Å². The summed E-state index contributed by atoms with van der Waals surface area (Å²) in [5.74, 6) is -3.90. The van der Waals surface area contributed by atoms with E-state index in [1.54, 1.807) is 0 Å². The van der Waals surface area contributed by atoms with E-state index in [1.807, 2.05) is 37.3 Å². The summed E-state index contributed by atoms with van der Waals surface area (Å²) in [6, 6.07) is 10.5. The molecule has 2 aromatic carbocycles. The van der Waals surface area contributed by atoms with Crippen LogP contribution in [0.15, 0.2) is 42.5 Å². The van der Waals surface area contributed by atoms with E-state index in [0.717, 1.165) is 18.4 Å². The summed E-state index contributed by atoms with van der Waals surface area (Å²) < 4.78 is 31.1. The van der Waals surface area contributed by atoms with E-state index in [4.69, 9.17) is 16.3 Å². The van der Waals surface area contributed by atoms with Crippen LogP contribution in [0, 0.1) is 11.6 Å². The second-order valence-corrected chi connectivity index (χ2v) is 6.05. The van der Waals surface area contributed by atoms with Crippen LogP contribution < -0.4 is 5.32 Å². The number of amides is 1. The number of carbonyl (C=O) groups is 2. The summed E-state index contributed by atoms with van der Waals surface area (Å²) in [6.45, 7) is 1.44. The van der Waals surface area contributed by atoms with Crippen LogP contribution in [0.2, 0.25) is 5.02 Å². The van der Waals surface area contributed by atoms with E-state index in [0.29, 0.717) is 12.1 Å². The minimum Gasteiger partial charge on any atom is -0.452 e. The molecule has 0 fully saturated rings. The third-order valence-electron chi connectivity index (χ3n) is 3.68. The van der Waals surface area contributed by atoms with Gasteiger partial charge in [0, 0.05) is 0 Å². The third kappa shape index (κ3) is 5.26. The van der Waals surface area contributed by atoms with Crippen LogP contribution in [0.3, 0.4) is 0 Å². The maximum absolute atomic E-state index is 13.2. The van der Waals surface area contributed by atoms with Crippen molar-refractivity contribution in [2.75, 3.05) is 6.61 Å². The molecule has 26 heavy (non-hydrogen) atoms. The molecule has 0 bridgehead atoms. The first-order chi connectivity index (χ1) is 12.4. The fourth-order valence-electron chi connectivity index (χ4n) is 2.42. The average Bonchev–Trinajstić information content (AvgIpc) is 2.63. The second kappa shape index (κ2) is 9.29. The van der Waals surface area contributed by atoms with Gasteiger partial charge >= 0.3 is 5.97 Å². The lowest BCUT2D eigenvalue weighted by molar-refractivity contribution is -0.125. The minimum absolute atomic E-state index is 0.209. The highest BCUT2D eigenvalue weighted by atomic mass is 35.5. The lowest BCUT2D eigenvalue weighted by Gasteiger charge is -2.18. The summed E-state index contributed by atoms with van der Waals surface area (Å²) >= 11 is 5.71. The van der Waals surface area contributed by atoms with Gasteiger partial charge < -0.3 is 10.1 Å². The topological polar surface area (TPSA) is 55.4 Å². The molecule has 2 rings (SSSR count). The predicted octanol–water partition coefficient (Wildman–Crippen LogP) is 4.43. The van der Waals surface area contributed by atoms with Crippen LogP contribution in [-0.2, 0) is 9.53 Å². The first-order valence-corrected chi connectivity index (χ1v) is 8.46. The molecular formula is C19H18ClF2NO3. The van der Waals surface area contributed by atoms with Crippen LogP contribution >= 0.6 is 11.6 Å². The van der Waals surface area contributed by atoms with Crippen molar-refractivity contribution in [3.8, 4) is 0 Å². The van der Waals surface area contributed by atoms with Crippen molar-refractivity contribution < 1.29 is 23.1 Å². The van der Waals surface area contributed by atoms with Gasteiger partial charge in [0.25, 0.3) is 5.91 Å². The van der Waals surface area contributed by atoms with Gasteiger partial charge in [-0.1, -0.05) is 55.3 Å². The maximum Gasteiger partial charge on any atom is 0.340 e. The zero-order chi connectivity index (χ0) is 19.1. The van der Waals surface area contributed by atoms with Crippen molar-refractivity contribution in [1.29, 1.82) is 0 Å². The molecule has 2 aromatic rings. The van der Waals surface area contributed by atoms with E-state index in [2.05, 4.69) is 5.32 Å². The van der Waals surface area contributed by atoms with Crippen LogP contribution in [0.5, 0.6) is 0 Å². The zero-order valence-corrected chi connectivity index (χ0v) is 14.9. The van der Waals surface area contributed by atoms with Crippen molar-refractivity contribution >= 4 is 23.5 Å². The molecule has 0 aliphatic carbocycles. The molecule has 0 aliphatic rings. The van der Waals surface area contributed by atoms with Crippen LogP contribution in [-0.4, -0.2) is 18.5 Å². The molecule has 7 heteroatoms. The van der Waals surface area contributed by atoms with Crippen molar-refractivity contribution in [2.24, 2.45) is 0 Å². The summed E-state index contributed by atoms with van der Waals surface area (Å²) in [7, 11) is 0. The van der Waals surface area contributed by atoms with E-state index in [9.17, 15) is 18.4 Å². The Kier molecular flexibility index (Phi) is 7.09. The van der Waals surface area contributed by atoms with Crippen LogP contribution in [0.25, 0.3) is 0 Å². The smallest absolute Gasteiger partial charge is 0.340 e. The third-order valence-corrected chi connectivity index (χ3v) is 3.99. The molecule has 1 amide bonds. The Balaban J connectivity index is 1.97. The largest absolute Gasteiger partial charge is 0.452 e. The molecule has 0 unspecified atom stereocenters. The highest BCUT2D eigenvalue weighted by molar-refractivity contribution is 6.33. The number of carbonyl (C=O) groups excluding carboxylic acids is 2. The SMILES string of the molecule is CCC[C@H](NC(=O)COC(=O)c1cc(F)c(F)cc1Cl)c1ccccc1. The number of hydrogen-bond donors (Lipinski definition) is 1. The molecule has 1 atom stereocenters. The molecule has 4 nitrogen and oxygen atoms in total. The van der Waals surface area contributed by atoms with Crippen molar-refractivity contribution in [2.45, 2.75) is 25.8 Å². The number of benzene rings is 2. The Morgan fingerprint density at radius 2 is 1.81 bits per heavy atom. The Morgan fingerprint density at radius 1 is 1.15 bits per heavy atom. The number of ether oxygens (including phenoxy) is 1. The van der Waals surface area contributed by atoms with Gasteiger partial charge in [0.2, 0.25) is 0 Å². The van der Waals surface area contributed by atoms with Gasteiger partial charge in [0.05, 0.1) is 16.6 Å². The summed E-state index contributed by atoms with van der Waals surface area (Å²) in [6.07, 6.45) is 1.57. The summed E-state index contributed by atoms with van der Waals surface area (Å²) in [5.41, 5.74) is 0.601. The maximum atomic E-state index is 13.2. The Hall–Kier alpha value is -2.47. The molecule has 0 radical (unpaired) electrons. The average molecular weight is 382 g/mol. The van der Waals surface area contributed by atoms with Gasteiger partial charge in [0.1, 0.15) is 0 Å². The van der Waals surface area contributed by atoms with Crippen molar-refractivity contribution in [3.63, 3.8) is 0 Å². The molecule has 0 heterocycles. The molecule has 0 spiro atoms. The highest BCUT2D eigenvalue weighted by Gasteiger charge is 2.19. The van der Waals surface area contributed by atoms with Gasteiger partial charge in [-0.15, -0.1) is 0 Å². The van der Waals surface area contributed by atoms with Crippen LogP contribution in [0.4, 0.5) is 8.78 Å². The second-order valence-electron chi connectivity index (χ2n) is 5.64. The molecule has 0 aliphatic heterocycles. The lowest BCUT2D eigenvalue weighted by Crippen LogP contribution is -2.32. The fraction of sp³-hybridized carbons (Fsp3) is 0.263. The molecular weight excluding hydrogens is 364 g/mol. The number of nitrogens with one attached hydrogen (secondary N) is 1. The molecule has 1 N–H and O–H groups in total. The van der Waals surface area contributed by atoms with E-state index in [-0.39, 0.29) is 16.6 Å². The standard InChI is InChI=1S/C19H18ClF2NO3/c1-2-6-17(12-7-4-3-5-8-12)23-18(24)11-26-19(25)13-9-15(21)16(22)10-14(13)20/h3-5,7-10,17H,2,6,11H2,1H3,(H,23,24)/t17-/m0/s1. The Labute approximate surface area is 155 Å². The first-order valence-electron chi connectivity index (χ1n) is 8.08. The summed E-state index contributed by atoms with van der Waals surface area (Å²) in [4.78, 5) is 24.0. The fourth-order valence-corrected chi connectivity index (χ4v) is 2.65. The number of esters is 1. The number of rotatable bonds is 7. The monoisotopic (exact) mass is 381 g/mol. The van der Waals surface area contributed by atoms with Gasteiger partial charge in [-0.2, -0.15) is 0 Å². The number of halogens is 3. The normalized spacial score (nSPS) is 11.7. The van der Waals surface area contributed by atoms with E-state index in [1.165, 1.54) is 0 Å². The lowest BCUT2D eigenvalue weighted by atomic mass is 10.0. The van der Waals surface area contributed by atoms with Crippen LogP contribution in [0.1, 0.15) is 41.7 Å². The van der Waals surface area contributed by atoms with Gasteiger partial charge in [-0.25, -0.2) is 13.6 Å². The van der Waals surface area contributed by atoms with Gasteiger partial charge in [0.15, 0.2) is 18.2 Å². The Morgan fingerprint density at radius 3 is 2.46 bits per heavy atom. The quantitative estimate of drug-likeness (QED) is 0.570. The molecule has 0 aromatic heterocycles. The zero-order valence-electron chi connectivity index (χ0n) is 14.1. The predicted molar refractivity (Wildman–Crippen MR) is 93.9 cm³/mol. The van der Waals surface area contributed by atoms with Gasteiger partial charge in [-0.3, -0.25) is 4.79 Å².